The zero-order valence-corrected chi connectivity index (χ0v) is 10.7. The number of anilines is 1. The quantitative estimate of drug-likeness (QED) is 0.721. The highest BCUT2D eigenvalue weighted by molar-refractivity contribution is 6.00. The Morgan fingerprint density at radius 1 is 1.50 bits per heavy atom. The molecule has 20 heavy (non-hydrogen) atoms. The second-order valence-corrected chi connectivity index (χ2v) is 3.96. The third kappa shape index (κ3) is 2.91. The van der Waals surface area contributed by atoms with Crippen LogP contribution in [0, 0.1) is 0 Å². The number of likely N-dealkylation sites (N-methyl/N-ethyl adjacent to an activating group) is 1. The lowest BCUT2D eigenvalue weighted by molar-refractivity contribution is -0.117. The Morgan fingerprint density at radius 3 is 2.95 bits per heavy atom. The summed E-state index contributed by atoms with van der Waals surface area (Å²) in [6.45, 7) is -0.212. The first-order valence-corrected chi connectivity index (χ1v) is 5.77. The van der Waals surface area contributed by atoms with Gasteiger partial charge in [-0.1, -0.05) is 0 Å². The number of carbonyl (C=O) groups excluding carboxylic acids is 2. The molecule has 0 radical (unpaired) electrons. The standard InChI is InChI=1S/C12H13N5O3/c1-17(8-5-15-16-6-8)10(19)7-14-12(20)11-9(18)3-2-4-13-11/h2-6,18H,7H2,1H3,(H,14,20)(H,15,16). The number of hydrogen-bond donors (Lipinski definition) is 3. The Morgan fingerprint density at radius 2 is 2.30 bits per heavy atom. The number of aromatic nitrogens is 3. The fourth-order valence-corrected chi connectivity index (χ4v) is 1.50. The van der Waals surface area contributed by atoms with E-state index in [9.17, 15) is 14.7 Å². The van der Waals surface area contributed by atoms with E-state index in [-0.39, 0.29) is 23.9 Å². The van der Waals surface area contributed by atoms with Crippen LogP contribution in [0.3, 0.4) is 0 Å². The van der Waals surface area contributed by atoms with Gasteiger partial charge in [-0.15, -0.1) is 0 Å². The molecule has 0 saturated carbocycles. The molecule has 0 aromatic carbocycles. The SMILES string of the molecule is CN(C(=O)CNC(=O)c1ncccc1O)c1cn[nH]c1. The molecule has 0 aliphatic carbocycles. The summed E-state index contributed by atoms with van der Waals surface area (Å²) in [5.41, 5.74) is 0.469. The van der Waals surface area contributed by atoms with Crippen LogP contribution in [-0.4, -0.2) is 45.7 Å². The van der Waals surface area contributed by atoms with Gasteiger partial charge in [0, 0.05) is 19.4 Å². The molecule has 0 saturated heterocycles. The van der Waals surface area contributed by atoms with Gasteiger partial charge in [0.2, 0.25) is 5.91 Å². The van der Waals surface area contributed by atoms with Crippen molar-refractivity contribution in [3.63, 3.8) is 0 Å². The van der Waals surface area contributed by atoms with E-state index in [2.05, 4.69) is 20.5 Å². The van der Waals surface area contributed by atoms with Crippen LogP contribution < -0.4 is 10.2 Å². The highest BCUT2D eigenvalue weighted by Crippen LogP contribution is 2.12. The van der Waals surface area contributed by atoms with Crippen molar-refractivity contribution in [3.05, 3.63) is 36.4 Å². The molecule has 0 aliphatic heterocycles. The average Bonchev–Trinajstić information content (AvgIpc) is 2.98. The third-order valence-corrected chi connectivity index (χ3v) is 2.65. The lowest BCUT2D eigenvalue weighted by Gasteiger charge is -2.15. The first kappa shape index (κ1) is 13.5. The van der Waals surface area contributed by atoms with E-state index in [4.69, 9.17) is 0 Å². The third-order valence-electron chi connectivity index (χ3n) is 2.65. The van der Waals surface area contributed by atoms with Crippen molar-refractivity contribution in [2.75, 3.05) is 18.5 Å². The summed E-state index contributed by atoms with van der Waals surface area (Å²) < 4.78 is 0. The van der Waals surface area contributed by atoms with E-state index in [1.54, 1.807) is 13.2 Å². The number of hydrogen-bond acceptors (Lipinski definition) is 5. The van der Waals surface area contributed by atoms with Gasteiger partial charge >= 0.3 is 0 Å². The molecule has 0 bridgehead atoms. The summed E-state index contributed by atoms with van der Waals surface area (Å²) in [5.74, 6) is -1.17. The monoisotopic (exact) mass is 275 g/mol. The predicted molar refractivity (Wildman–Crippen MR) is 70.2 cm³/mol. The van der Waals surface area contributed by atoms with Crippen LogP contribution in [-0.2, 0) is 4.79 Å². The van der Waals surface area contributed by atoms with Crippen LogP contribution in [0.2, 0.25) is 0 Å². The van der Waals surface area contributed by atoms with Gasteiger partial charge in [-0.2, -0.15) is 5.10 Å². The van der Waals surface area contributed by atoms with Gasteiger partial charge in [0.05, 0.1) is 18.4 Å². The number of H-pyrrole nitrogens is 1. The molecule has 2 rings (SSSR count). The van der Waals surface area contributed by atoms with E-state index >= 15 is 0 Å². The minimum Gasteiger partial charge on any atom is -0.505 e. The smallest absolute Gasteiger partial charge is 0.274 e. The van der Waals surface area contributed by atoms with E-state index in [1.165, 1.54) is 29.4 Å². The summed E-state index contributed by atoms with van der Waals surface area (Å²) in [7, 11) is 1.57. The molecule has 2 aromatic heterocycles. The molecule has 2 aromatic rings. The molecular formula is C12H13N5O3. The highest BCUT2D eigenvalue weighted by Gasteiger charge is 2.16. The summed E-state index contributed by atoms with van der Waals surface area (Å²) in [6.07, 6.45) is 4.43. The molecular weight excluding hydrogens is 262 g/mol. The number of rotatable bonds is 4. The van der Waals surface area contributed by atoms with Crippen molar-refractivity contribution >= 4 is 17.5 Å². The van der Waals surface area contributed by atoms with E-state index in [0.29, 0.717) is 5.69 Å². The van der Waals surface area contributed by atoms with Crippen LogP contribution in [0.1, 0.15) is 10.5 Å². The van der Waals surface area contributed by atoms with Gasteiger partial charge in [-0.05, 0) is 12.1 Å². The molecule has 8 nitrogen and oxygen atoms in total. The normalized spacial score (nSPS) is 10.1. The van der Waals surface area contributed by atoms with Gasteiger partial charge < -0.3 is 15.3 Å². The number of nitrogens with zero attached hydrogens (tertiary/aromatic N) is 3. The molecule has 0 fully saturated rings. The number of carbonyl (C=O) groups is 2. The van der Waals surface area contributed by atoms with Crippen molar-refractivity contribution in [2.45, 2.75) is 0 Å². The molecule has 0 atom stereocenters. The maximum atomic E-state index is 11.8. The predicted octanol–water partition coefficient (Wildman–Crippen LogP) is -0.0969. The minimum atomic E-state index is -0.614. The lowest BCUT2D eigenvalue weighted by atomic mass is 10.3. The molecule has 8 heteroatoms. The Labute approximate surface area is 114 Å². The first-order valence-electron chi connectivity index (χ1n) is 5.77. The summed E-state index contributed by atoms with van der Waals surface area (Å²) in [4.78, 5) is 28.7. The van der Waals surface area contributed by atoms with Crippen LogP contribution >= 0.6 is 0 Å². The van der Waals surface area contributed by atoms with Crippen molar-refractivity contribution in [1.82, 2.24) is 20.5 Å². The lowest BCUT2D eigenvalue weighted by Crippen LogP contribution is -2.38. The molecule has 0 unspecified atom stereocenters. The van der Waals surface area contributed by atoms with Crippen molar-refractivity contribution in [3.8, 4) is 5.75 Å². The maximum Gasteiger partial charge on any atom is 0.274 e. The van der Waals surface area contributed by atoms with Gasteiger partial charge in [0.1, 0.15) is 5.75 Å². The second kappa shape index (κ2) is 5.83. The molecule has 2 heterocycles. The van der Waals surface area contributed by atoms with E-state index < -0.39 is 5.91 Å². The minimum absolute atomic E-state index is 0.119. The molecule has 0 aliphatic rings. The van der Waals surface area contributed by atoms with Crippen molar-refractivity contribution < 1.29 is 14.7 Å². The van der Waals surface area contributed by atoms with Crippen LogP contribution in [0.25, 0.3) is 0 Å². The topological polar surface area (TPSA) is 111 Å². The molecule has 0 spiro atoms. The van der Waals surface area contributed by atoms with E-state index in [1.807, 2.05) is 0 Å². The summed E-state index contributed by atoms with van der Waals surface area (Å²) in [5, 5.41) is 18.2. The van der Waals surface area contributed by atoms with Crippen LogP contribution in [0.5, 0.6) is 5.75 Å². The number of aromatic amines is 1. The fraction of sp³-hybridized carbons (Fsp3) is 0.167. The van der Waals surface area contributed by atoms with Gasteiger partial charge in [-0.3, -0.25) is 14.7 Å². The molecule has 104 valence electrons. The number of pyridine rings is 1. The van der Waals surface area contributed by atoms with Gasteiger partial charge in [0.15, 0.2) is 5.69 Å². The van der Waals surface area contributed by atoms with Crippen molar-refractivity contribution in [2.24, 2.45) is 0 Å². The fourth-order valence-electron chi connectivity index (χ4n) is 1.50. The Balaban J connectivity index is 1.94. The summed E-state index contributed by atoms with van der Waals surface area (Å²) >= 11 is 0. The summed E-state index contributed by atoms with van der Waals surface area (Å²) in [6, 6.07) is 2.85. The highest BCUT2D eigenvalue weighted by atomic mass is 16.3. The zero-order valence-electron chi connectivity index (χ0n) is 10.7. The second-order valence-electron chi connectivity index (χ2n) is 3.96. The van der Waals surface area contributed by atoms with Crippen LogP contribution in [0.4, 0.5) is 5.69 Å². The number of nitrogens with one attached hydrogen (secondary N) is 2. The van der Waals surface area contributed by atoms with E-state index in [0.717, 1.165) is 0 Å². The Kier molecular flexibility index (Phi) is 3.94. The van der Waals surface area contributed by atoms with Gasteiger partial charge in [-0.25, -0.2) is 4.98 Å². The number of aromatic hydroxyl groups is 1. The molecule has 2 amide bonds. The Hall–Kier alpha value is -2.90. The van der Waals surface area contributed by atoms with Gasteiger partial charge in [0.25, 0.3) is 5.91 Å². The average molecular weight is 275 g/mol. The first-order chi connectivity index (χ1) is 9.59. The largest absolute Gasteiger partial charge is 0.505 e. The number of amides is 2. The maximum absolute atomic E-state index is 11.8. The van der Waals surface area contributed by atoms with Crippen LogP contribution in [0.15, 0.2) is 30.7 Å². The molecule has 3 N–H and O–H groups in total. The zero-order chi connectivity index (χ0) is 14.5. The Bertz CT molecular complexity index is 611. The van der Waals surface area contributed by atoms with Crippen molar-refractivity contribution in [1.29, 1.82) is 0 Å².